The fraction of sp³-hybridized carbons (Fsp3) is 0.562. The molecule has 0 aromatic heterocycles. The predicted octanol–water partition coefficient (Wildman–Crippen LogP) is 2.29. The van der Waals surface area contributed by atoms with Crippen LogP contribution in [0.15, 0.2) is 30.3 Å². The van der Waals surface area contributed by atoms with Gasteiger partial charge in [0.05, 0.1) is 17.4 Å². The summed E-state index contributed by atoms with van der Waals surface area (Å²) < 4.78 is 0. The van der Waals surface area contributed by atoms with E-state index in [0.29, 0.717) is 6.42 Å². The summed E-state index contributed by atoms with van der Waals surface area (Å²) in [6, 6.07) is 9.85. The Kier molecular flexibility index (Phi) is 5.49. The van der Waals surface area contributed by atoms with Crippen molar-refractivity contribution >= 4 is 18.5 Å². The quantitative estimate of drug-likeness (QED) is 0.836. The average Bonchev–Trinajstić information content (AvgIpc) is 2.47. The lowest BCUT2D eigenvalue weighted by Crippen LogP contribution is -2.49. The number of hydrogen-bond acceptors (Lipinski definition) is 3. The van der Waals surface area contributed by atoms with Crippen LogP contribution in [0.25, 0.3) is 0 Å². The Morgan fingerprint density at radius 2 is 2.00 bits per heavy atom. The van der Waals surface area contributed by atoms with E-state index in [2.05, 4.69) is 12.6 Å². The van der Waals surface area contributed by atoms with Crippen molar-refractivity contribution in [3.63, 3.8) is 0 Å². The maximum absolute atomic E-state index is 12.4. The largest absolute Gasteiger partial charge is 0.391 e. The van der Waals surface area contributed by atoms with Gasteiger partial charge in [0.2, 0.25) is 5.91 Å². The molecule has 20 heavy (non-hydrogen) atoms. The van der Waals surface area contributed by atoms with Crippen molar-refractivity contribution in [1.82, 2.24) is 4.90 Å². The molecule has 110 valence electrons. The number of benzene rings is 1. The van der Waals surface area contributed by atoms with Gasteiger partial charge in [-0.05, 0) is 24.8 Å². The zero-order valence-electron chi connectivity index (χ0n) is 11.9. The van der Waals surface area contributed by atoms with Crippen molar-refractivity contribution in [2.24, 2.45) is 0 Å². The number of carbonyl (C=O) groups excluding carboxylic acids is 1. The Morgan fingerprint density at radius 3 is 2.65 bits per heavy atom. The molecule has 1 N–H and O–H groups in total. The first-order valence-electron chi connectivity index (χ1n) is 7.26. The van der Waals surface area contributed by atoms with Gasteiger partial charge < -0.3 is 10.0 Å². The number of hydrogen-bond donors (Lipinski definition) is 2. The predicted molar refractivity (Wildman–Crippen MR) is 84.0 cm³/mol. The second-order valence-corrected chi connectivity index (χ2v) is 6.20. The summed E-state index contributed by atoms with van der Waals surface area (Å²) >= 11 is 4.45. The maximum Gasteiger partial charge on any atom is 0.235 e. The molecule has 1 amide bonds. The minimum Gasteiger partial charge on any atom is -0.391 e. The van der Waals surface area contributed by atoms with Crippen LogP contribution >= 0.6 is 12.6 Å². The number of nitrogens with zero attached hydrogens (tertiary/aromatic N) is 1. The van der Waals surface area contributed by atoms with Gasteiger partial charge in [-0.15, -0.1) is 0 Å². The zero-order valence-corrected chi connectivity index (χ0v) is 12.8. The van der Waals surface area contributed by atoms with E-state index in [0.717, 1.165) is 31.2 Å². The smallest absolute Gasteiger partial charge is 0.235 e. The molecular formula is C16H23NO2S. The Hall–Kier alpha value is -1.00. The van der Waals surface area contributed by atoms with Gasteiger partial charge in [-0.3, -0.25) is 4.79 Å². The number of carbonyl (C=O) groups is 1. The highest BCUT2D eigenvalue weighted by Crippen LogP contribution is 2.23. The maximum atomic E-state index is 12.4. The second-order valence-electron chi connectivity index (χ2n) is 5.57. The van der Waals surface area contributed by atoms with Gasteiger partial charge in [-0.25, -0.2) is 0 Å². The Morgan fingerprint density at radius 1 is 1.35 bits per heavy atom. The first-order chi connectivity index (χ1) is 9.59. The molecule has 0 bridgehead atoms. The van der Waals surface area contributed by atoms with Gasteiger partial charge in [0.1, 0.15) is 0 Å². The van der Waals surface area contributed by atoms with Crippen LogP contribution < -0.4 is 0 Å². The van der Waals surface area contributed by atoms with Crippen molar-refractivity contribution in [3.05, 3.63) is 35.9 Å². The van der Waals surface area contributed by atoms with Crippen LogP contribution in [0.5, 0.6) is 0 Å². The molecule has 1 aliphatic carbocycles. The number of likely N-dealkylation sites (N-methyl/N-ethyl adjacent to an activating group) is 1. The van der Waals surface area contributed by atoms with Crippen LogP contribution in [0.1, 0.15) is 31.2 Å². The summed E-state index contributed by atoms with van der Waals surface area (Å²) in [6.45, 7) is 0. The van der Waals surface area contributed by atoms with E-state index in [-0.39, 0.29) is 17.2 Å². The SMILES string of the molecule is CN(C(=O)C(S)Cc1ccccc1)C1CCCCC1O. The molecule has 1 aromatic carbocycles. The summed E-state index contributed by atoms with van der Waals surface area (Å²) in [6.07, 6.45) is 4.03. The van der Waals surface area contributed by atoms with Crippen LogP contribution in [-0.4, -0.2) is 40.4 Å². The molecule has 0 radical (unpaired) electrons. The van der Waals surface area contributed by atoms with E-state index < -0.39 is 6.10 Å². The highest BCUT2D eigenvalue weighted by Gasteiger charge is 2.31. The van der Waals surface area contributed by atoms with Crippen molar-refractivity contribution in [1.29, 1.82) is 0 Å². The van der Waals surface area contributed by atoms with Crippen LogP contribution in [0.3, 0.4) is 0 Å². The Balaban J connectivity index is 1.95. The number of thiol groups is 1. The molecule has 4 heteroatoms. The summed E-state index contributed by atoms with van der Waals surface area (Å²) in [4.78, 5) is 14.1. The Labute approximate surface area is 126 Å². The minimum absolute atomic E-state index is 0.00290. The van der Waals surface area contributed by atoms with Gasteiger partial charge in [0.25, 0.3) is 0 Å². The molecule has 3 nitrogen and oxygen atoms in total. The van der Waals surface area contributed by atoms with E-state index >= 15 is 0 Å². The van der Waals surface area contributed by atoms with E-state index in [1.807, 2.05) is 30.3 Å². The minimum atomic E-state index is -0.394. The molecule has 0 saturated heterocycles. The fourth-order valence-corrected chi connectivity index (χ4v) is 3.26. The number of amides is 1. The lowest BCUT2D eigenvalue weighted by atomic mass is 9.91. The third-order valence-electron chi connectivity index (χ3n) is 4.10. The van der Waals surface area contributed by atoms with Gasteiger partial charge >= 0.3 is 0 Å². The molecule has 1 saturated carbocycles. The van der Waals surface area contributed by atoms with Crippen molar-refractivity contribution in [3.8, 4) is 0 Å². The molecule has 2 rings (SSSR count). The topological polar surface area (TPSA) is 40.5 Å². The van der Waals surface area contributed by atoms with Crippen molar-refractivity contribution < 1.29 is 9.90 Å². The molecule has 3 unspecified atom stereocenters. The molecule has 0 spiro atoms. The molecule has 1 aromatic rings. The molecule has 0 heterocycles. The molecule has 3 atom stereocenters. The molecule has 0 aliphatic heterocycles. The van der Waals surface area contributed by atoms with Gasteiger partial charge in [0.15, 0.2) is 0 Å². The highest BCUT2D eigenvalue weighted by molar-refractivity contribution is 7.81. The lowest BCUT2D eigenvalue weighted by molar-refractivity contribution is -0.134. The number of aliphatic hydroxyl groups excluding tert-OH is 1. The van der Waals surface area contributed by atoms with Crippen LogP contribution in [0.4, 0.5) is 0 Å². The lowest BCUT2D eigenvalue weighted by Gasteiger charge is -2.36. The molecular weight excluding hydrogens is 270 g/mol. The average molecular weight is 293 g/mol. The monoisotopic (exact) mass is 293 g/mol. The summed E-state index contributed by atoms with van der Waals surface area (Å²) in [7, 11) is 1.79. The van der Waals surface area contributed by atoms with Gasteiger partial charge in [-0.1, -0.05) is 43.2 Å². The number of aliphatic hydroxyl groups is 1. The molecule has 1 aliphatic rings. The highest BCUT2D eigenvalue weighted by atomic mass is 32.1. The fourth-order valence-electron chi connectivity index (χ4n) is 2.87. The van der Waals surface area contributed by atoms with E-state index in [9.17, 15) is 9.90 Å². The van der Waals surface area contributed by atoms with Crippen LogP contribution in [-0.2, 0) is 11.2 Å². The normalized spacial score (nSPS) is 24.1. The van der Waals surface area contributed by atoms with Crippen molar-refractivity contribution in [2.45, 2.75) is 49.5 Å². The van der Waals surface area contributed by atoms with Crippen LogP contribution in [0, 0.1) is 0 Å². The van der Waals surface area contributed by atoms with E-state index in [4.69, 9.17) is 0 Å². The third-order valence-corrected chi connectivity index (χ3v) is 4.50. The summed E-state index contributed by atoms with van der Waals surface area (Å²) in [5, 5.41) is 9.69. The first kappa shape index (κ1) is 15.4. The third kappa shape index (κ3) is 3.76. The van der Waals surface area contributed by atoms with E-state index in [1.54, 1.807) is 11.9 Å². The Bertz CT molecular complexity index is 437. The van der Waals surface area contributed by atoms with Gasteiger partial charge in [0, 0.05) is 7.05 Å². The summed E-state index contributed by atoms with van der Waals surface area (Å²) in [5.74, 6) is 0.00290. The molecule has 1 fully saturated rings. The second kappa shape index (κ2) is 7.14. The summed E-state index contributed by atoms with van der Waals surface area (Å²) in [5.41, 5.74) is 1.11. The zero-order chi connectivity index (χ0) is 14.5. The standard InChI is InChI=1S/C16H23NO2S/c1-17(13-9-5-6-10-14(13)18)16(19)15(20)11-12-7-3-2-4-8-12/h2-4,7-8,13-15,18,20H,5-6,9-11H2,1H3. The van der Waals surface area contributed by atoms with Crippen LogP contribution in [0.2, 0.25) is 0 Å². The van der Waals surface area contributed by atoms with Crippen molar-refractivity contribution in [2.75, 3.05) is 7.05 Å². The van der Waals surface area contributed by atoms with E-state index in [1.165, 1.54) is 0 Å². The number of rotatable bonds is 4. The first-order valence-corrected chi connectivity index (χ1v) is 7.78. The van der Waals surface area contributed by atoms with Gasteiger partial charge in [-0.2, -0.15) is 12.6 Å².